The summed E-state index contributed by atoms with van der Waals surface area (Å²) in [6.45, 7) is 11.5. The molecule has 0 bridgehead atoms. The summed E-state index contributed by atoms with van der Waals surface area (Å²) < 4.78 is 34.1. The molecule has 0 aromatic heterocycles. The number of ether oxygens (including phenoxy) is 6. The average molecular weight is 471 g/mol. The molecule has 8 heteroatoms. The van der Waals surface area contributed by atoms with E-state index in [4.69, 9.17) is 28.4 Å². The van der Waals surface area contributed by atoms with Gasteiger partial charge in [-0.3, -0.25) is 0 Å². The van der Waals surface area contributed by atoms with E-state index in [1.54, 1.807) is 0 Å². The monoisotopic (exact) mass is 470 g/mol. The van der Waals surface area contributed by atoms with E-state index >= 15 is 0 Å². The second kappa shape index (κ2) is 10.6. The third-order valence-electron chi connectivity index (χ3n) is 6.10. The summed E-state index contributed by atoms with van der Waals surface area (Å²) >= 11 is 0. The zero-order valence-electron chi connectivity index (χ0n) is 20.0. The second-order valence-electron chi connectivity index (χ2n) is 8.63. The summed E-state index contributed by atoms with van der Waals surface area (Å²) in [6.07, 6.45) is 0.468. The van der Waals surface area contributed by atoms with E-state index < -0.39 is 0 Å². The van der Waals surface area contributed by atoms with Crippen molar-refractivity contribution in [3.63, 3.8) is 0 Å². The highest BCUT2D eigenvalue weighted by molar-refractivity contribution is 5.65. The third-order valence-corrected chi connectivity index (χ3v) is 6.10. The molecule has 0 spiro atoms. The molecule has 2 unspecified atom stereocenters. The van der Waals surface area contributed by atoms with Gasteiger partial charge in [0.05, 0.1) is 37.8 Å². The Morgan fingerprint density at radius 1 is 0.676 bits per heavy atom. The van der Waals surface area contributed by atoms with Gasteiger partial charge in [0.15, 0.2) is 0 Å². The molecule has 34 heavy (non-hydrogen) atoms. The van der Waals surface area contributed by atoms with Crippen molar-refractivity contribution in [3.05, 3.63) is 36.4 Å². The molecule has 3 heterocycles. The van der Waals surface area contributed by atoms with Gasteiger partial charge >= 0.3 is 0 Å². The Balaban J connectivity index is 1.23. The van der Waals surface area contributed by atoms with Crippen LogP contribution in [0, 0.1) is 0 Å². The highest BCUT2D eigenvalue weighted by Crippen LogP contribution is 2.36. The van der Waals surface area contributed by atoms with Gasteiger partial charge in [-0.2, -0.15) is 0 Å². The Morgan fingerprint density at radius 3 is 1.44 bits per heavy atom. The van der Waals surface area contributed by atoms with Crippen molar-refractivity contribution in [2.45, 2.75) is 26.1 Å². The lowest BCUT2D eigenvalue weighted by molar-refractivity contribution is 0.261. The summed E-state index contributed by atoms with van der Waals surface area (Å²) in [6, 6.07) is 12.2. The fourth-order valence-corrected chi connectivity index (χ4v) is 4.13. The highest BCUT2D eigenvalue weighted by atomic mass is 16.6. The lowest BCUT2D eigenvalue weighted by Gasteiger charge is -2.38. The Kier molecular flexibility index (Phi) is 7.16. The summed E-state index contributed by atoms with van der Waals surface area (Å²) in [5.74, 6) is 3.36. The van der Waals surface area contributed by atoms with Crippen molar-refractivity contribution in [3.8, 4) is 23.0 Å². The molecule has 3 aliphatic rings. The standard InChI is InChI=1S/C26H34N2O6/c1-3-29-25-13-19(31-15-21-17-33-21)5-7-23(25)27-9-11-28(12-10-27)24-8-6-20(14-26(24)30-4-2)32-16-22-18-34-22/h5-8,13-14,21-22H,3-4,9-12,15-18H2,1-2H3. The number of benzene rings is 2. The first kappa shape index (κ1) is 22.9. The fourth-order valence-electron chi connectivity index (χ4n) is 4.13. The lowest BCUT2D eigenvalue weighted by Crippen LogP contribution is -2.46. The molecule has 5 rings (SSSR count). The number of hydrogen-bond donors (Lipinski definition) is 0. The Bertz CT molecular complexity index is 877. The molecule has 0 N–H and O–H groups in total. The molecular weight excluding hydrogens is 436 g/mol. The predicted molar refractivity (Wildman–Crippen MR) is 130 cm³/mol. The first-order valence-electron chi connectivity index (χ1n) is 12.3. The molecule has 0 radical (unpaired) electrons. The van der Waals surface area contributed by atoms with Gasteiger partial charge < -0.3 is 38.2 Å². The van der Waals surface area contributed by atoms with Crippen molar-refractivity contribution in [1.29, 1.82) is 0 Å². The van der Waals surface area contributed by atoms with Crippen molar-refractivity contribution in [2.75, 3.05) is 75.6 Å². The molecule has 0 aliphatic carbocycles. The fraction of sp³-hybridized carbons (Fsp3) is 0.538. The minimum Gasteiger partial charge on any atom is -0.492 e. The van der Waals surface area contributed by atoms with Crippen LogP contribution in [0.25, 0.3) is 0 Å². The smallest absolute Gasteiger partial charge is 0.146 e. The Labute approximate surface area is 201 Å². The second-order valence-corrected chi connectivity index (χ2v) is 8.63. The van der Waals surface area contributed by atoms with Crippen molar-refractivity contribution >= 4 is 11.4 Å². The molecular formula is C26H34N2O6. The van der Waals surface area contributed by atoms with Crippen LogP contribution < -0.4 is 28.7 Å². The number of hydrogen-bond acceptors (Lipinski definition) is 8. The largest absolute Gasteiger partial charge is 0.492 e. The molecule has 184 valence electrons. The first-order valence-corrected chi connectivity index (χ1v) is 12.3. The summed E-state index contributed by atoms with van der Waals surface area (Å²) in [5, 5.41) is 0. The number of piperazine rings is 1. The summed E-state index contributed by atoms with van der Waals surface area (Å²) in [4.78, 5) is 4.76. The number of epoxide rings is 2. The van der Waals surface area contributed by atoms with Crippen molar-refractivity contribution in [2.24, 2.45) is 0 Å². The lowest BCUT2D eigenvalue weighted by atomic mass is 10.2. The van der Waals surface area contributed by atoms with Gasteiger partial charge in [0.1, 0.15) is 48.4 Å². The van der Waals surface area contributed by atoms with Crippen LogP contribution in [0.2, 0.25) is 0 Å². The summed E-state index contributed by atoms with van der Waals surface area (Å²) in [5.41, 5.74) is 2.21. The average Bonchev–Trinajstić information content (AvgIpc) is 3.78. The quantitative estimate of drug-likeness (QED) is 0.438. The molecule has 0 saturated carbocycles. The van der Waals surface area contributed by atoms with Crippen LogP contribution in [0.1, 0.15) is 13.8 Å². The van der Waals surface area contributed by atoms with E-state index in [1.807, 2.05) is 38.1 Å². The van der Waals surface area contributed by atoms with Crippen LogP contribution in [0.15, 0.2) is 36.4 Å². The first-order chi connectivity index (χ1) is 16.7. The zero-order chi connectivity index (χ0) is 23.3. The van der Waals surface area contributed by atoms with Gasteiger partial charge in [0.2, 0.25) is 0 Å². The highest BCUT2D eigenvalue weighted by Gasteiger charge is 2.26. The van der Waals surface area contributed by atoms with Gasteiger partial charge in [-0.25, -0.2) is 0 Å². The topological polar surface area (TPSA) is 68.5 Å². The molecule has 2 atom stereocenters. The van der Waals surface area contributed by atoms with E-state index in [0.717, 1.165) is 73.8 Å². The summed E-state index contributed by atoms with van der Waals surface area (Å²) in [7, 11) is 0. The molecule has 0 amide bonds. The predicted octanol–water partition coefficient (Wildman–Crippen LogP) is 3.37. The van der Waals surface area contributed by atoms with Gasteiger partial charge in [-0.1, -0.05) is 0 Å². The van der Waals surface area contributed by atoms with E-state index in [0.29, 0.717) is 26.4 Å². The van der Waals surface area contributed by atoms with E-state index in [2.05, 4.69) is 21.9 Å². The SMILES string of the molecule is CCOc1cc(OCC2CO2)ccc1N1CCN(c2ccc(OCC3CO3)cc2OCC)CC1. The number of nitrogens with zero attached hydrogens (tertiary/aromatic N) is 2. The van der Waals surface area contributed by atoms with Crippen LogP contribution >= 0.6 is 0 Å². The van der Waals surface area contributed by atoms with Crippen molar-refractivity contribution in [1.82, 2.24) is 0 Å². The van der Waals surface area contributed by atoms with Gasteiger partial charge in [0, 0.05) is 38.3 Å². The van der Waals surface area contributed by atoms with Crippen LogP contribution in [-0.2, 0) is 9.47 Å². The van der Waals surface area contributed by atoms with Gasteiger partial charge in [-0.05, 0) is 38.1 Å². The van der Waals surface area contributed by atoms with Crippen molar-refractivity contribution < 1.29 is 28.4 Å². The van der Waals surface area contributed by atoms with Crippen LogP contribution in [-0.4, -0.2) is 78.0 Å². The maximum Gasteiger partial charge on any atom is 0.146 e. The van der Waals surface area contributed by atoms with E-state index in [1.165, 1.54) is 0 Å². The molecule has 3 saturated heterocycles. The normalized spacial score (nSPS) is 21.2. The molecule has 2 aromatic rings. The zero-order valence-corrected chi connectivity index (χ0v) is 20.0. The maximum absolute atomic E-state index is 5.96. The van der Waals surface area contributed by atoms with Crippen LogP contribution in [0.4, 0.5) is 11.4 Å². The number of anilines is 2. The van der Waals surface area contributed by atoms with Gasteiger partial charge in [0.25, 0.3) is 0 Å². The molecule has 2 aromatic carbocycles. The third kappa shape index (κ3) is 5.80. The Hall–Kier alpha value is -2.84. The Morgan fingerprint density at radius 2 is 1.09 bits per heavy atom. The maximum atomic E-state index is 5.96. The van der Waals surface area contributed by atoms with E-state index in [9.17, 15) is 0 Å². The molecule has 3 fully saturated rings. The minimum absolute atomic E-state index is 0.234. The molecule has 8 nitrogen and oxygen atoms in total. The minimum atomic E-state index is 0.234. The van der Waals surface area contributed by atoms with E-state index in [-0.39, 0.29) is 12.2 Å². The van der Waals surface area contributed by atoms with Crippen LogP contribution in [0.3, 0.4) is 0 Å². The van der Waals surface area contributed by atoms with Crippen LogP contribution in [0.5, 0.6) is 23.0 Å². The molecule has 3 aliphatic heterocycles. The number of rotatable bonds is 12. The van der Waals surface area contributed by atoms with Gasteiger partial charge in [-0.15, -0.1) is 0 Å².